The number of thiophene rings is 1. The molecule has 0 saturated carbocycles. The molecule has 2 aromatic rings. The topological polar surface area (TPSA) is 67.4 Å². The summed E-state index contributed by atoms with van der Waals surface area (Å²) in [5.74, 6) is 0.0952. The minimum Gasteiger partial charge on any atom is -0.491 e. The van der Waals surface area contributed by atoms with Crippen LogP contribution < -0.4 is 15.4 Å². The average molecular weight is 432 g/mol. The summed E-state index contributed by atoms with van der Waals surface area (Å²) in [6, 6.07) is 5.06. The Morgan fingerprint density at radius 3 is 2.83 bits per heavy atom. The van der Waals surface area contributed by atoms with Crippen molar-refractivity contribution in [3.05, 3.63) is 44.0 Å². The van der Waals surface area contributed by atoms with Crippen LogP contribution in [0.3, 0.4) is 0 Å². The summed E-state index contributed by atoms with van der Waals surface area (Å²) < 4.78 is 6.19. The first-order chi connectivity index (χ1) is 11.5. The number of benzene rings is 1. The molecule has 0 aliphatic heterocycles. The highest BCUT2D eigenvalue weighted by Gasteiger charge is 2.13. The lowest BCUT2D eigenvalue weighted by Gasteiger charge is -2.14. The molecular formula is C16H16BrClN2O3S. The SMILES string of the molecule is CCOc1c(Br)cc(Cl)cc1NC(=O)CCNC(=O)c1ccsc1. The molecule has 0 saturated heterocycles. The largest absolute Gasteiger partial charge is 0.491 e. The first kappa shape index (κ1) is 18.8. The second kappa shape index (κ2) is 9.05. The maximum atomic E-state index is 12.1. The smallest absolute Gasteiger partial charge is 0.252 e. The number of nitrogens with one attached hydrogen (secondary N) is 2. The molecule has 24 heavy (non-hydrogen) atoms. The van der Waals surface area contributed by atoms with Gasteiger partial charge in [0, 0.05) is 28.9 Å². The first-order valence-electron chi connectivity index (χ1n) is 7.23. The van der Waals surface area contributed by atoms with Crippen LogP contribution in [0.1, 0.15) is 23.7 Å². The van der Waals surface area contributed by atoms with Crippen molar-refractivity contribution in [2.24, 2.45) is 0 Å². The van der Waals surface area contributed by atoms with E-state index in [0.717, 1.165) is 0 Å². The third kappa shape index (κ3) is 5.22. The zero-order valence-corrected chi connectivity index (χ0v) is 16.1. The Morgan fingerprint density at radius 1 is 1.38 bits per heavy atom. The Kier molecular flexibility index (Phi) is 7.08. The van der Waals surface area contributed by atoms with E-state index in [2.05, 4.69) is 26.6 Å². The molecule has 8 heteroatoms. The number of rotatable bonds is 7. The Bertz CT molecular complexity index is 722. The van der Waals surface area contributed by atoms with Crippen LogP contribution in [0.5, 0.6) is 5.75 Å². The van der Waals surface area contributed by atoms with Crippen molar-refractivity contribution >= 4 is 56.4 Å². The predicted molar refractivity (Wildman–Crippen MR) is 100 cm³/mol. The number of ether oxygens (including phenoxy) is 1. The molecule has 2 N–H and O–H groups in total. The summed E-state index contributed by atoms with van der Waals surface area (Å²) in [5.41, 5.74) is 1.09. The molecule has 0 fully saturated rings. The van der Waals surface area contributed by atoms with Crippen LogP contribution in [0.2, 0.25) is 5.02 Å². The van der Waals surface area contributed by atoms with Gasteiger partial charge in [0.05, 0.1) is 16.8 Å². The van der Waals surface area contributed by atoms with Gasteiger partial charge in [-0.1, -0.05) is 11.6 Å². The summed E-state index contributed by atoms with van der Waals surface area (Å²) in [4.78, 5) is 23.9. The standard InChI is InChI=1S/C16H16BrClN2O3S/c1-2-23-15-12(17)7-11(18)8-13(15)20-14(21)3-5-19-16(22)10-4-6-24-9-10/h4,6-9H,2-3,5H2,1H3,(H,19,22)(H,20,21). The van der Waals surface area contributed by atoms with E-state index < -0.39 is 0 Å². The summed E-state index contributed by atoms with van der Waals surface area (Å²) in [6.07, 6.45) is 0.144. The van der Waals surface area contributed by atoms with Crippen LogP contribution in [0.4, 0.5) is 5.69 Å². The Hall–Kier alpha value is -1.57. The number of carbonyl (C=O) groups is 2. The molecule has 0 bridgehead atoms. The van der Waals surface area contributed by atoms with Crippen molar-refractivity contribution in [3.8, 4) is 5.75 Å². The summed E-state index contributed by atoms with van der Waals surface area (Å²) in [6.45, 7) is 2.55. The van der Waals surface area contributed by atoms with Crippen LogP contribution in [0.25, 0.3) is 0 Å². The number of hydrogen-bond donors (Lipinski definition) is 2. The molecule has 0 spiro atoms. The van der Waals surface area contributed by atoms with Gasteiger partial charge in [-0.25, -0.2) is 0 Å². The van der Waals surface area contributed by atoms with Crippen LogP contribution in [0.15, 0.2) is 33.4 Å². The number of hydrogen-bond acceptors (Lipinski definition) is 4. The van der Waals surface area contributed by atoms with Gasteiger partial charge in [0.25, 0.3) is 5.91 Å². The van der Waals surface area contributed by atoms with E-state index in [-0.39, 0.29) is 24.8 Å². The maximum absolute atomic E-state index is 12.1. The average Bonchev–Trinajstić information content (AvgIpc) is 3.05. The monoisotopic (exact) mass is 430 g/mol. The zero-order chi connectivity index (χ0) is 17.5. The molecule has 0 unspecified atom stereocenters. The third-order valence-corrected chi connectivity index (χ3v) is 4.48. The van der Waals surface area contributed by atoms with Crippen molar-refractivity contribution in [1.29, 1.82) is 0 Å². The van der Waals surface area contributed by atoms with Crippen molar-refractivity contribution in [2.45, 2.75) is 13.3 Å². The molecule has 0 radical (unpaired) electrons. The van der Waals surface area contributed by atoms with E-state index in [9.17, 15) is 9.59 Å². The molecular weight excluding hydrogens is 416 g/mol. The maximum Gasteiger partial charge on any atom is 0.252 e. The predicted octanol–water partition coefficient (Wildman–Crippen LogP) is 4.32. The van der Waals surface area contributed by atoms with Gasteiger partial charge in [0.15, 0.2) is 5.75 Å². The first-order valence-corrected chi connectivity index (χ1v) is 9.34. The molecule has 0 aliphatic rings. The van der Waals surface area contributed by atoms with Gasteiger partial charge in [-0.05, 0) is 46.4 Å². The van der Waals surface area contributed by atoms with Gasteiger partial charge >= 0.3 is 0 Å². The number of amides is 2. The third-order valence-electron chi connectivity index (χ3n) is 2.99. The van der Waals surface area contributed by atoms with E-state index in [1.54, 1.807) is 23.6 Å². The quantitative estimate of drug-likeness (QED) is 0.686. The van der Waals surface area contributed by atoms with E-state index in [4.69, 9.17) is 16.3 Å². The van der Waals surface area contributed by atoms with Crippen LogP contribution in [-0.2, 0) is 4.79 Å². The second-order valence-electron chi connectivity index (χ2n) is 4.76. The van der Waals surface area contributed by atoms with E-state index in [1.165, 1.54) is 11.3 Å². The van der Waals surface area contributed by atoms with Gasteiger partial charge in [-0.2, -0.15) is 11.3 Å². The highest BCUT2D eigenvalue weighted by Crippen LogP contribution is 2.36. The van der Waals surface area contributed by atoms with Gasteiger partial charge < -0.3 is 15.4 Å². The van der Waals surface area contributed by atoms with Crippen LogP contribution in [0, 0.1) is 0 Å². The molecule has 2 rings (SSSR count). The van der Waals surface area contributed by atoms with Crippen molar-refractivity contribution in [1.82, 2.24) is 5.32 Å². The molecule has 1 heterocycles. The lowest BCUT2D eigenvalue weighted by atomic mass is 10.2. The summed E-state index contributed by atoms with van der Waals surface area (Å²) in [5, 5.41) is 9.53. The van der Waals surface area contributed by atoms with Gasteiger partial charge in [-0.15, -0.1) is 0 Å². The molecule has 2 amide bonds. The molecule has 0 atom stereocenters. The summed E-state index contributed by atoms with van der Waals surface area (Å²) in [7, 11) is 0. The number of anilines is 1. The van der Waals surface area contributed by atoms with Crippen molar-refractivity contribution in [3.63, 3.8) is 0 Å². The Balaban J connectivity index is 1.91. The highest BCUT2D eigenvalue weighted by molar-refractivity contribution is 9.10. The zero-order valence-electron chi connectivity index (χ0n) is 12.9. The van der Waals surface area contributed by atoms with Gasteiger partial charge in [0.1, 0.15) is 0 Å². The lowest BCUT2D eigenvalue weighted by Crippen LogP contribution is -2.27. The minimum atomic E-state index is -0.240. The Labute approximate surface area is 157 Å². The molecule has 128 valence electrons. The minimum absolute atomic E-state index is 0.144. The fraction of sp³-hybridized carbons (Fsp3) is 0.250. The van der Waals surface area contributed by atoms with Crippen LogP contribution in [-0.4, -0.2) is 25.0 Å². The van der Waals surface area contributed by atoms with Crippen molar-refractivity contribution in [2.75, 3.05) is 18.5 Å². The molecule has 0 aliphatic carbocycles. The van der Waals surface area contributed by atoms with E-state index in [0.29, 0.717) is 33.1 Å². The van der Waals surface area contributed by atoms with Crippen LogP contribution >= 0.6 is 38.9 Å². The summed E-state index contributed by atoms with van der Waals surface area (Å²) >= 11 is 10.8. The second-order valence-corrected chi connectivity index (χ2v) is 6.83. The van der Waals surface area contributed by atoms with E-state index in [1.807, 2.05) is 12.3 Å². The number of halogens is 2. The van der Waals surface area contributed by atoms with Gasteiger partial charge in [0.2, 0.25) is 5.91 Å². The van der Waals surface area contributed by atoms with E-state index >= 15 is 0 Å². The Morgan fingerprint density at radius 2 is 2.17 bits per heavy atom. The normalized spacial score (nSPS) is 10.3. The molecule has 5 nitrogen and oxygen atoms in total. The fourth-order valence-corrected chi connectivity index (χ4v) is 3.50. The number of carbonyl (C=O) groups excluding carboxylic acids is 2. The van der Waals surface area contributed by atoms with Crippen molar-refractivity contribution < 1.29 is 14.3 Å². The highest BCUT2D eigenvalue weighted by atomic mass is 79.9. The molecule has 1 aromatic heterocycles. The lowest BCUT2D eigenvalue weighted by molar-refractivity contribution is -0.116. The molecule has 1 aromatic carbocycles. The van der Waals surface area contributed by atoms with Gasteiger partial charge in [-0.3, -0.25) is 9.59 Å². The fourth-order valence-electron chi connectivity index (χ4n) is 1.94.